The lowest BCUT2D eigenvalue weighted by atomic mass is 10.0. The molecule has 0 bridgehead atoms. The lowest BCUT2D eigenvalue weighted by Crippen LogP contribution is -2.32. The molecule has 0 heterocycles. The Morgan fingerprint density at radius 3 is 2.35 bits per heavy atom. The van der Waals surface area contributed by atoms with Crippen LogP contribution in [0.5, 0.6) is 0 Å². The van der Waals surface area contributed by atoms with Crippen LogP contribution < -0.4 is 5.73 Å². The van der Waals surface area contributed by atoms with Crippen LogP contribution in [0.25, 0.3) is 0 Å². The predicted octanol–water partition coefficient (Wildman–Crippen LogP) is 2.82. The normalized spacial score (nSPS) is 15.6. The van der Waals surface area contributed by atoms with E-state index in [-0.39, 0.29) is 0 Å². The minimum Gasteiger partial charge on any atom is -0.323 e. The summed E-state index contributed by atoms with van der Waals surface area (Å²) < 4.78 is 23.2. The van der Waals surface area contributed by atoms with E-state index in [4.69, 9.17) is 28.9 Å². The second-order valence-electron chi connectivity index (χ2n) is 3.97. The van der Waals surface area contributed by atoms with Crippen LogP contribution in [0.3, 0.4) is 0 Å². The van der Waals surface area contributed by atoms with E-state index in [2.05, 4.69) is 0 Å². The van der Waals surface area contributed by atoms with E-state index in [1.54, 1.807) is 25.1 Å². The number of sulfone groups is 1. The summed E-state index contributed by atoms with van der Waals surface area (Å²) in [6.07, 6.45) is 1.63. The van der Waals surface area contributed by atoms with Gasteiger partial charge in [0.25, 0.3) is 0 Å². The van der Waals surface area contributed by atoms with Gasteiger partial charge >= 0.3 is 0 Å². The molecular weight excluding hydrogens is 281 g/mol. The highest BCUT2D eigenvalue weighted by atomic mass is 35.5. The highest BCUT2D eigenvalue weighted by Gasteiger charge is 2.28. The molecule has 96 valence electrons. The van der Waals surface area contributed by atoms with E-state index in [0.717, 1.165) is 0 Å². The van der Waals surface area contributed by atoms with E-state index in [1.807, 2.05) is 0 Å². The monoisotopic (exact) mass is 295 g/mol. The number of hydrogen-bond acceptors (Lipinski definition) is 3. The van der Waals surface area contributed by atoms with Gasteiger partial charge in [0.1, 0.15) is 0 Å². The Morgan fingerprint density at radius 1 is 1.35 bits per heavy atom. The lowest BCUT2D eigenvalue weighted by Gasteiger charge is -2.22. The van der Waals surface area contributed by atoms with Gasteiger partial charge in [-0.05, 0) is 24.1 Å². The summed E-state index contributed by atoms with van der Waals surface area (Å²) in [6.45, 7) is 1.79. The summed E-state index contributed by atoms with van der Waals surface area (Å²) >= 11 is 11.8. The molecule has 2 N–H and O–H groups in total. The van der Waals surface area contributed by atoms with Crippen molar-refractivity contribution in [1.29, 1.82) is 0 Å². The number of benzene rings is 1. The van der Waals surface area contributed by atoms with Gasteiger partial charge in [0, 0.05) is 22.3 Å². The predicted molar refractivity (Wildman–Crippen MR) is 72.3 cm³/mol. The number of rotatable bonds is 4. The second-order valence-corrected chi connectivity index (χ2v) is 7.08. The molecular formula is C11H15Cl2NO2S. The summed E-state index contributed by atoms with van der Waals surface area (Å²) in [7, 11) is -3.21. The Hall–Kier alpha value is -0.290. The van der Waals surface area contributed by atoms with Crippen LogP contribution in [-0.4, -0.2) is 19.9 Å². The summed E-state index contributed by atoms with van der Waals surface area (Å²) in [5.74, 6) is 0. The van der Waals surface area contributed by atoms with Gasteiger partial charge < -0.3 is 5.73 Å². The average Bonchev–Trinajstić information content (AvgIpc) is 2.15. The molecule has 0 aliphatic carbocycles. The third-order valence-corrected chi connectivity index (χ3v) is 4.96. The molecule has 0 spiro atoms. The van der Waals surface area contributed by atoms with E-state index in [0.29, 0.717) is 22.0 Å². The van der Waals surface area contributed by atoms with Gasteiger partial charge in [-0.2, -0.15) is 0 Å². The van der Waals surface area contributed by atoms with Crippen molar-refractivity contribution in [2.24, 2.45) is 5.73 Å². The van der Waals surface area contributed by atoms with Crippen molar-refractivity contribution < 1.29 is 8.42 Å². The highest BCUT2D eigenvalue weighted by Crippen LogP contribution is 2.29. The van der Waals surface area contributed by atoms with Gasteiger partial charge in [0.15, 0.2) is 9.84 Å². The van der Waals surface area contributed by atoms with Crippen molar-refractivity contribution in [2.75, 3.05) is 6.26 Å². The van der Waals surface area contributed by atoms with Crippen molar-refractivity contribution in [3.8, 4) is 0 Å². The highest BCUT2D eigenvalue weighted by molar-refractivity contribution is 7.91. The van der Waals surface area contributed by atoms with Gasteiger partial charge in [-0.3, -0.25) is 0 Å². The second kappa shape index (κ2) is 5.57. The molecule has 0 amide bonds. The maximum absolute atomic E-state index is 11.6. The lowest BCUT2D eigenvalue weighted by molar-refractivity contribution is 0.553. The maximum Gasteiger partial charge on any atom is 0.152 e. The molecule has 0 aliphatic heterocycles. The van der Waals surface area contributed by atoms with Crippen LogP contribution >= 0.6 is 23.2 Å². The molecule has 1 aromatic rings. The van der Waals surface area contributed by atoms with Gasteiger partial charge in [0.2, 0.25) is 0 Å². The fourth-order valence-electron chi connectivity index (χ4n) is 1.80. The third-order valence-electron chi connectivity index (χ3n) is 2.67. The quantitative estimate of drug-likeness (QED) is 0.929. The standard InChI is InChI=1S/C11H15Cl2NO2S/c1-3-10(17(2,15)16)11(14)8-5-4-7(12)6-9(8)13/h4-6,10-11H,3,14H2,1-2H3/t10-,11+/m1/s1. The molecule has 0 saturated carbocycles. The Bertz CT molecular complexity index is 502. The third kappa shape index (κ3) is 3.58. The molecule has 0 unspecified atom stereocenters. The fraction of sp³-hybridized carbons (Fsp3) is 0.455. The summed E-state index contributed by atoms with van der Waals surface area (Å²) in [6, 6.07) is 4.24. The van der Waals surface area contributed by atoms with Crippen LogP contribution in [0.1, 0.15) is 24.9 Å². The Kier molecular flexibility index (Phi) is 4.84. The fourth-order valence-corrected chi connectivity index (χ4v) is 3.61. The van der Waals surface area contributed by atoms with Crippen molar-refractivity contribution in [3.63, 3.8) is 0 Å². The zero-order chi connectivity index (χ0) is 13.2. The molecule has 0 aliphatic rings. The molecule has 6 heteroatoms. The Balaban J connectivity index is 3.15. The van der Waals surface area contributed by atoms with Crippen molar-refractivity contribution in [1.82, 2.24) is 0 Å². The summed E-state index contributed by atoms with van der Waals surface area (Å²) in [4.78, 5) is 0. The summed E-state index contributed by atoms with van der Waals surface area (Å²) in [5.41, 5.74) is 6.59. The van der Waals surface area contributed by atoms with Crippen molar-refractivity contribution in [3.05, 3.63) is 33.8 Å². The van der Waals surface area contributed by atoms with Crippen LogP contribution in [0.4, 0.5) is 0 Å². The zero-order valence-electron chi connectivity index (χ0n) is 9.65. The average molecular weight is 296 g/mol. The molecule has 1 aromatic carbocycles. The largest absolute Gasteiger partial charge is 0.323 e. The van der Waals surface area contributed by atoms with Gasteiger partial charge in [-0.25, -0.2) is 8.42 Å². The van der Waals surface area contributed by atoms with Crippen molar-refractivity contribution in [2.45, 2.75) is 24.6 Å². The van der Waals surface area contributed by atoms with E-state index >= 15 is 0 Å². The first-order valence-corrected chi connectivity index (χ1v) is 7.87. The smallest absolute Gasteiger partial charge is 0.152 e. The van der Waals surface area contributed by atoms with Crippen molar-refractivity contribution >= 4 is 33.0 Å². The van der Waals surface area contributed by atoms with Crippen LogP contribution in [0.15, 0.2) is 18.2 Å². The number of hydrogen-bond donors (Lipinski definition) is 1. The topological polar surface area (TPSA) is 60.2 Å². The van der Waals surface area contributed by atoms with E-state index < -0.39 is 21.1 Å². The first kappa shape index (κ1) is 14.8. The minimum atomic E-state index is -3.21. The molecule has 1 rings (SSSR count). The maximum atomic E-state index is 11.6. The van der Waals surface area contributed by atoms with Crippen LogP contribution in [0.2, 0.25) is 10.0 Å². The van der Waals surface area contributed by atoms with Crippen LogP contribution in [0, 0.1) is 0 Å². The SMILES string of the molecule is CC[C@H]([C@@H](N)c1ccc(Cl)cc1Cl)S(C)(=O)=O. The summed E-state index contributed by atoms with van der Waals surface area (Å²) in [5, 5.41) is 0.256. The molecule has 3 nitrogen and oxygen atoms in total. The molecule has 0 radical (unpaired) electrons. The molecule has 0 aromatic heterocycles. The van der Waals surface area contributed by atoms with E-state index in [9.17, 15) is 8.42 Å². The Morgan fingerprint density at radius 2 is 1.94 bits per heavy atom. The molecule has 0 saturated heterocycles. The van der Waals surface area contributed by atoms with Gasteiger partial charge in [-0.15, -0.1) is 0 Å². The van der Waals surface area contributed by atoms with E-state index in [1.165, 1.54) is 6.26 Å². The first-order valence-electron chi connectivity index (χ1n) is 5.16. The molecule has 2 atom stereocenters. The minimum absolute atomic E-state index is 0.395. The van der Waals surface area contributed by atoms with Crippen LogP contribution in [-0.2, 0) is 9.84 Å². The molecule has 0 fully saturated rings. The molecule has 17 heavy (non-hydrogen) atoms. The number of nitrogens with two attached hydrogens (primary N) is 1. The van der Waals surface area contributed by atoms with Gasteiger partial charge in [0.05, 0.1) is 5.25 Å². The zero-order valence-corrected chi connectivity index (χ0v) is 12.0. The Labute approximate surface area is 112 Å². The number of halogens is 2. The first-order chi connectivity index (χ1) is 7.77. The van der Waals surface area contributed by atoms with Gasteiger partial charge in [-0.1, -0.05) is 36.2 Å².